The molecule has 1 aromatic rings. The van der Waals surface area contributed by atoms with Crippen molar-refractivity contribution in [3.8, 4) is 0 Å². The summed E-state index contributed by atoms with van der Waals surface area (Å²) in [6, 6.07) is 2.99. The summed E-state index contributed by atoms with van der Waals surface area (Å²) >= 11 is 3.18. The maximum atomic E-state index is 13.0. The number of nitrogens with zero attached hydrogens (tertiary/aromatic N) is 1. The van der Waals surface area contributed by atoms with Crippen LogP contribution >= 0.6 is 15.9 Å². The zero-order chi connectivity index (χ0) is 8.97. The molecule has 0 aliphatic carbocycles. The molecule has 0 bridgehead atoms. The highest BCUT2D eigenvalue weighted by atomic mass is 79.9. The molecule has 0 saturated carbocycles. The predicted octanol–water partition coefficient (Wildman–Crippen LogP) is 1.87. The van der Waals surface area contributed by atoms with Crippen LogP contribution in [-0.4, -0.2) is 11.5 Å². The lowest BCUT2D eigenvalue weighted by Crippen LogP contribution is -2.03. The van der Waals surface area contributed by atoms with Crippen LogP contribution in [-0.2, 0) is 6.42 Å². The van der Waals surface area contributed by atoms with Crippen molar-refractivity contribution in [3.05, 3.63) is 28.2 Å². The zero-order valence-electron chi connectivity index (χ0n) is 6.56. The van der Waals surface area contributed by atoms with Gasteiger partial charge in [-0.1, -0.05) is 0 Å². The summed E-state index contributed by atoms with van der Waals surface area (Å²) in [6.07, 6.45) is 1.36. The molecule has 2 nitrogen and oxygen atoms in total. The molecule has 0 radical (unpaired) electrons. The Hall–Kier alpha value is -0.480. The van der Waals surface area contributed by atoms with E-state index in [1.807, 2.05) is 0 Å². The third-order valence-corrected chi connectivity index (χ3v) is 1.94. The standard InChI is InChI=1S/C8H10BrFN2/c9-8-4-3-6(10)7(12-8)2-1-5-11/h3-4H,1-2,5,11H2. The van der Waals surface area contributed by atoms with Crippen molar-refractivity contribution in [1.29, 1.82) is 0 Å². The fourth-order valence-corrected chi connectivity index (χ4v) is 1.25. The van der Waals surface area contributed by atoms with Crippen molar-refractivity contribution in [3.63, 3.8) is 0 Å². The van der Waals surface area contributed by atoms with Gasteiger partial charge in [-0.05, 0) is 47.4 Å². The Bertz CT molecular complexity index is 265. The van der Waals surface area contributed by atoms with Gasteiger partial charge in [-0.15, -0.1) is 0 Å². The fourth-order valence-electron chi connectivity index (χ4n) is 0.903. The zero-order valence-corrected chi connectivity index (χ0v) is 8.14. The van der Waals surface area contributed by atoms with E-state index in [-0.39, 0.29) is 5.82 Å². The van der Waals surface area contributed by atoms with Gasteiger partial charge in [0.15, 0.2) is 0 Å². The van der Waals surface area contributed by atoms with Crippen LogP contribution in [0.4, 0.5) is 4.39 Å². The van der Waals surface area contributed by atoms with Gasteiger partial charge in [-0.25, -0.2) is 9.37 Å². The number of pyridine rings is 1. The fraction of sp³-hybridized carbons (Fsp3) is 0.375. The van der Waals surface area contributed by atoms with Gasteiger partial charge in [-0.3, -0.25) is 0 Å². The number of hydrogen-bond donors (Lipinski definition) is 1. The molecule has 0 saturated heterocycles. The molecule has 2 N–H and O–H groups in total. The maximum Gasteiger partial charge on any atom is 0.144 e. The monoisotopic (exact) mass is 232 g/mol. The van der Waals surface area contributed by atoms with Crippen molar-refractivity contribution in [2.45, 2.75) is 12.8 Å². The highest BCUT2D eigenvalue weighted by Gasteiger charge is 2.02. The summed E-state index contributed by atoms with van der Waals surface area (Å²) in [6.45, 7) is 0.563. The van der Waals surface area contributed by atoms with E-state index in [2.05, 4.69) is 20.9 Å². The van der Waals surface area contributed by atoms with Gasteiger partial charge in [0.2, 0.25) is 0 Å². The first-order chi connectivity index (χ1) is 5.74. The van der Waals surface area contributed by atoms with E-state index in [0.717, 1.165) is 6.42 Å². The molecule has 0 unspecified atom stereocenters. The molecule has 0 aliphatic heterocycles. The SMILES string of the molecule is NCCCc1nc(Br)ccc1F. The van der Waals surface area contributed by atoms with Crippen LogP contribution in [0.3, 0.4) is 0 Å². The first-order valence-corrected chi connectivity index (χ1v) is 4.54. The van der Waals surface area contributed by atoms with E-state index in [0.29, 0.717) is 23.3 Å². The van der Waals surface area contributed by atoms with Crippen LogP contribution < -0.4 is 5.73 Å². The van der Waals surface area contributed by atoms with Crippen molar-refractivity contribution in [2.24, 2.45) is 5.73 Å². The summed E-state index contributed by atoms with van der Waals surface area (Å²) in [4.78, 5) is 4.00. The Morgan fingerprint density at radius 1 is 1.50 bits per heavy atom. The summed E-state index contributed by atoms with van der Waals surface area (Å²) < 4.78 is 13.6. The molecule has 0 aromatic carbocycles. The Kier molecular flexibility index (Phi) is 3.62. The van der Waals surface area contributed by atoms with E-state index >= 15 is 0 Å². The van der Waals surface area contributed by atoms with Crippen LogP contribution in [0.5, 0.6) is 0 Å². The molecule has 1 rings (SSSR count). The lowest BCUT2D eigenvalue weighted by atomic mass is 10.2. The minimum absolute atomic E-state index is 0.258. The first-order valence-electron chi connectivity index (χ1n) is 3.75. The number of halogens is 2. The van der Waals surface area contributed by atoms with Crippen molar-refractivity contribution >= 4 is 15.9 Å². The van der Waals surface area contributed by atoms with Crippen LogP contribution in [0.15, 0.2) is 16.7 Å². The third kappa shape index (κ3) is 2.53. The van der Waals surface area contributed by atoms with Crippen molar-refractivity contribution in [2.75, 3.05) is 6.54 Å². The number of nitrogens with two attached hydrogens (primary N) is 1. The quantitative estimate of drug-likeness (QED) is 0.809. The molecule has 0 spiro atoms. The molecule has 1 aromatic heterocycles. The predicted molar refractivity (Wildman–Crippen MR) is 49.3 cm³/mol. The van der Waals surface area contributed by atoms with E-state index in [1.165, 1.54) is 6.07 Å². The normalized spacial score (nSPS) is 10.2. The van der Waals surface area contributed by atoms with Crippen LogP contribution in [0.25, 0.3) is 0 Å². The maximum absolute atomic E-state index is 13.0. The smallest absolute Gasteiger partial charge is 0.144 e. The molecule has 1 heterocycles. The van der Waals surface area contributed by atoms with Crippen LogP contribution in [0, 0.1) is 5.82 Å². The summed E-state index contributed by atoms with van der Waals surface area (Å²) in [5, 5.41) is 0. The van der Waals surface area contributed by atoms with Gasteiger partial charge in [-0.2, -0.15) is 0 Å². The van der Waals surface area contributed by atoms with E-state index in [9.17, 15) is 4.39 Å². The molecule has 66 valence electrons. The van der Waals surface area contributed by atoms with E-state index in [1.54, 1.807) is 6.07 Å². The Balaban J connectivity index is 2.75. The molecule has 0 fully saturated rings. The first kappa shape index (κ1) is 9.61. The Morgan fingerprint density at radius 3 is 2.92 bits per heavy atom. The number of aromatic nitrogens is 1. The molecule has 4 heteroatoms. The van der Waals surface area contributed by atoms with Gasteiger partial charge in [0, 0.05) is 0 Å². The molecule has 0 atom stereocenters. The van der Waals surface area contributed by atoms with Crippen molar-refractivity contribution in [1.82, 2.24) is 4.98 Å². The third-order valence-electron chi connectivity index (χ3n) is 1.50. The van der Waals surface area contributed by atoms with Gasteiger partial charge in [0.05, 0.1) is 5.69 Å². The second-order valence-corrected chi connectivity index (χ2v) is 3.27. The van der Waals surface area contributed by atoms with Crippen LogP contribution in [0.2, 0.25) is 0 Å². The molecular formula is C8H10BrFN2. The minimum Gasteiger partial charge on any atom is -0.330 e. The highest BCUT2D eigenvalue weighted by molar-refractivity contribution is 9.10. The number of aryl methyl sites for hydroxylation is 1. The number of hydrogen-bond acceptors (Lipinski definition) is 2. The summed E-state index contributed by atoms with van der Waals surface area (Å²) in [7, 11) is 0. The number of rotatable bonds is 3. The largest absolute Gasteiger partial charge is 0.330 e. The average Bonchev–Trinajstić information content (AvgIpc) is 2.07. The highest BCUT2D eigenvalue weighted by Crippen LogP contribution is 2.11. The van der Waals surface area contributed by atoms with Gasteiger partial charge in [0.1, 0.15) is 10.4 Å². The van der Waals surface area contributed by atoms with Gasteiger partial charge in [0.25, 0.3) is 0 Å². The molecule has 0 aliphatic rings. The van der Waals surface area contributed by atoms with Crippen LogP contribution in [0.1, 0.15) is 12.1 Å². The minimum atomic E-state index is -0.258. The second-order valence-electron chi connectivity index (χ2n) is 2.45. The van der Waals surface area contributed by atoms with E-state index < -0.39 is 0 Å². The van der Waals surface area contributed by atoms with Gasteiger partial charge < -0.3 is 5.73 Å². The lowest BCUT2D eigenvalue weighted by molar-refractivity contribution is 0.592. The summed E-state index contributed by atoms with van der Waals surface area (Å²) in [5.74, 6) is -0.258. The summed E-state index contributed by atoms with van der Waals surface area (Å²) in [5.41, 5.74) is 5.78. The molecule has 0 amide bonds. The lowest BCUT2D eigenvalue weighted by Gasteiger charge is -2.00. The topological polar surface area (TPSA) is 38.9 Å². The Morgan fingerprint density at radius 2 is 2.25 bits per heavy atom. The van der Waals surface area contributed by atoms with E-state index in [4.69, 9.17) is 5.73 Å². The van der Waals surface area contributed by atoms with Gasteiger partial charge >= 0.3 is 0 Å². The average molecular weight is 233 g/mol. The molecular weight excluding hydrogens is 223 g/mol. The molecule has 12 heavy (non-hydrogen) atoms. The van der Waals surface area contributed by atoms with Crippen molar-refractivity contribution < 1.29 is 4.39 Å². The Labute approximate surface area is 79.1 Å². The second kappa shape index (κ2) is 4.52.